The van der Waals surface area contributed by atoms with Crippen LogP contribution in [-0.4, -0.2) is 37.6 Å². The van der Waals surface area contributed by atoms with Gasteiger partial charge in [0.2, 0.25) is 5.13 Å². The molecule has 10 heteroatoms. The number of anilines is 1. The molecule has 0 bridgehead atoms. The SMILES string of the molecule is CCCOc1cccc(-c2nn(-c3ccccc3)cc2-c2nnc(NC(=O)c3cc(-c4ccc5ccccc5c4)on3)s2)c1. The lowest BCUT2D eigenvalue weighted by molar-refractivity contribution is 0.101. The summed E-state index contributed by atoms with van der Waals surface area (Å²) in [5.74, 6) is 0.830. The van der Waals surface area contributed by atoms with Crippen LogP contribution >= 0.6 is 11.3 Å². The maximum Gasteiger partial charge on any atom is 0.279 e. The zero-order chi connectivity index (χ0) is 29.9. The zero-order valence-corrected chi connectivity index (χ0v) is 24.5. The fourth-order valence-electron chi connectivity index (χ4n) is 4.81. The number of nitrogens with zero attached hydrogens (tertiary/aromatic N) is 5. The topological polar surface area (TPSA) is 108 Å². The summed E-state index contributed by atoms with van der Waals surface area (Å²) in [5, 5.41) is 23.5. The van der Waals surface area contributed by atoms with E-state index >= 15 is 0 Å². The predicted octanol–water partition coefficient (Wildman–Crippen LogP) is 7.91. The standard InChI is InChI=1S/C34H26N6O3S/c1-2-17-42-27-14-8-11-25(19-27)31-28(21-40(38-31)26-12-4-3-5-13-26)33-36-37-34(44-33)35-32(41)29-20-30(43-39-29)24-16-15-22-9-6-7-10-23(22)18-24/h3-16,18-21H,2,17H2,1H3,(H,35,37,41). The highest BCUT2D eigenvalue weighted by Gasteiger charge is 2.21. The minimum atomic E-state index is -0.440. The van der Waals surface area contributed by atoms with Crippen LogP contribution in [0, 0.1) is 0 Å². The van der Waals surface area contributed by atoms with Crippen molar-refractivity contribution in [3.8, 4) is 44.6 Å². The van der Waals surface area contributed by atoms with Gasteiger partial charge in [-0.15, -0.1) is 10.2 Å². The molecule has 0 saturated carbocycles. The molecule has 0 spiro atoms. The molecule has 0 aliphatic rings. The van der Waals surface area contributed by atoms with Crippen molar-refractivity contribution in [2.45, 2.75) is 13.3 Å². The van der Waals surface area contributed by atoms with E-state index in [2.05, 4.69) is 27.6 Å². The summed E-state index contributed by atoms with van der Waals surface area (Å²) >= 11 is 1.25. The van der Waals surface area contributed by atoms with E-state index in [9.17, 15) is 4.79 Å². The third-order valence-electron chi connectivity index (χ3n) is 6.97. The summed E-state index contributed by atoms with van der Waals surface area (Å²) in [7, 11) is 0. The van der Waals surface area contributed by atoms with Crippen molar-refractivity contribution in [2.75, 3.05) is 11.9 Å². The number of amides is 1. The van der Waals surface area contributed by atoms with Gasteiger partial charge < -0.3 is 9.26 Å². The van der Waals surface area contributed by atoms with E-state index in [1.807, 2.05) is 108 Å². The van der Waals surface area contributed by atoms with Gasteiger partial charge in [-0.3, -0.25) is 10.1 Å². The highest BCUT2D eigenvalue weighted by molar-refractivity contribution is 7.18. The molecule has 3 heterocycles. The minimum absolute atomic E-state index is 0.145. The van der Waals surface area contributed by atoms with Gasteiger partial charge in [0, 0.05) is 23.4 Å². The van der Waals surface area contributed by atoms with Crippen molar-refractivity contribution in [2.24, 2.45) is 0 Å². The molecule has 216 valence electrons. The van der Waals surface area contributed by atoms with Gasteiger partial charge in [-0.2, -0.15) is 5.10 Å². The Morgan fingerprint density at radius 2 is 1.73 bits per heavy atom. The number of benzene rings is 4. The lowest BCUT2D eigenvalue weighted by Gasteiger charge is -2.06. The Balaban J connectivity index is 1.16. The number of hydrogen-bond acceptors (Lipinski definition) is 8. The molecule has 44 heavy (non-hydrogen) atoms. The highest BCUT2D eigenvalue weighted by Crippen LogP contribution is 2.36. The van der Waals surface area contributed by atoms with E-state index in [0.717, 1.165) is 51.0 Å². The molecule has 0 aliphatic heterocycles. The van der Waals surface area contributed by atoms with E-state index in [1.165, 1.54) is 11.3 Å². The summed E-state index contributed by atoms with van der Waals surface area (Å²) in [6.45, 7) is 2.70. The Labute approximate surface area is 256 Å². The van der Waals surface area contributed by atoms with Crippen LogP contribution in [0.2, 0.25) is 0 Å². The van der Waals surface area contributed by atoms with Crippen molar-refractivity contribution in [1.82, 2.24) is 25.1 Å². The van der Waals surface area contributed by atoms with Gasteiger partial charge in [-0.1, -0.05) is 90.1 Å². The Hall–Kier alpha value is -5.61. The molecular formula is C34H26N6O3S. The number of rotatable bonds is 9. The number of para-hydroxylation sites is 1. The number of ether oxygens (including phenoxy) is 1. The fourth-order valence-corrected chi connectivity index (χ4v) is 5.56. The van der Waals surface area contributed by atoms with Crippen LogP contribution < -0.4 is 10.1 Å². The first-order valence-electron chi connectivity index (χ1n) is 14.1. The second-order valence-corrected chi connectivity index (χ2v) is 11.0. The highest BCUT2D eigenvalue weighted by atomic mass is 32.1. The van der Waals surface area contributed by atoms with Crippen molar-refractivity contribution < 1.29 is 14.1 Å². The molecule has 9 nitrogen and oxygen atoms in total. The van der Waals surface area contributed by atoms with Crippen LogP contribution in [0.3, 0.4) is 0 Å². The normalized spacial score (nSPS) is 11.1. The number of hydrogen-bond donors (Lipinski definition) is 1. The summed E-state index contributed by atoms with van der Waals surface area (Å²) in [5.41, 5.74) is 4.27. The molecule has 1 N–H and O–H groups in total. The van der Waals surface area contributed by atoms with Crippen LogP contribution in [0.1, 0.15) is 23.8 Å². The predicted molar refractivity (Wildman–Crippen MR) is 171 cm³/mol. The molecule has 1 amide bonds. The van der Waals surface area contributed by atoms with Crippen LogP contribution in [-0.2, 0) is 0 Å². The van der Waals surface area contributed by atoms with Crippen LogP contribution in [0.15, 0.2) is 114 Å². The Bertz CT molecular complexity index is 2080. The van der Waals surface area contributed by atoms with E-state index < -0.39 is 5.91 Å². The molecule has 0 saturated heterocycles. The summed E-state index contributed by atoms with van der Waals surface area (Å²) < 4.78 is 13.2. The van der Waals surface area contributed by atoms with Gasteiger partial charge in [0.05, 0.1) is 17.9 Å². The summed E-state index contributed by atoms with van der Waals surface area (Å²) in [6.07, 6.45) is 2.83. The van der Waals surface area contributed by atoms with Crippen molar-refractivity contribution in [1.29, 1.82) is 0 Å². The summed E-state index contributed by atoms with van der Waals surface area (Å²) in [6, 6.07) is 33.3. The third-order valence-corrected chi connectivity index (χ3v) is 7.84. The Kier molecular flexibility index (Phi) is 7.39. The average Bonchev–Trinajstić information content (AvgIpc) is 3.84. The number of carbonyl (C=O) groups excluding carboxylic acids is 1. The molecule has 7 aromatic rings. The molecule has 0 aliphatic carbocycles. The molecule has 4 aromatic carbocycles. The van der Waals surface area contributed by atoms with Gasteiger partial charge in [0.25, 0.3) is 5.91 Å². The van der Waals surface area contributed by atoms with Crippen molar-refractivity contribution in [3.63, 3.8) is 0 Å². The lowest BCUT2D eigenvalue weighted by atomic mass is 10.1. The van der Waals surface area contributed by atoms with Gasteiger partial charge >= 0.3 is 0 Å². The second-order valence-electron chi connectivity index (χ2n) is 10.1. The van der Waals surface area contributed by atoms with Gasteiger partial charge in [-0.05, 0) is 47.5 Å². The first-order chi connectivity index (χ1) is 21.6. The maximum absolute atomic E-state index is 13.1. The minimum Gasteiger partial charge on any atom is -0.494 e. The first kappa shape index (κ1) is 27.2. The lowest BCUT2D eigenvalue weighted by Crippen LogP contribution is -2.11. The Morgan fingerprint density at radius 1 is 0.886 bits per heavy atom. The van der Waals surface area contributed by atoms with Gasteiger partial charge in [0.1, 0.15) is 11.4 Å². The first-order valence-corrected chi connectivity index (χ1v) is 15.0. The maximum atomic E-state index is 13.1. The quantitative estimate of drug-likeness (QED) is 0.180. The number of aromatic nitrogens is 5. The molecule has 7 rings (SSSR count). The largest absolute Gasteiger partial charge is 0.494 e. The number of nitrogens with one attached hydrogen (secondary N) is 1. The van der Waals surface area contributed by atoms with Crippen LogP contribution in [0.25, 0.3) is 49.6 Å². The molecule has 3 aromatic heterocycles. The molecule has 0 unspecified atom stereocenters. The van der Waals surface area contributed by atoms with Crippen LogP contribution in [0.4, 0.5) is 5.13 Å². The fraction of sp³-hybridized carbons (Fsp3) is 0.0882. The number of fused-ring (bicyclic) bond motifs is 1. The smallest absolute Gasteiger partial charge is 0.279 e. The van der Waals surface area contributed by atoms with E-state index in [-0.39, 0.29) is 5.69 Å². The Morgan fingerprint density at radius 3 is 2.59 bits per heavy atom. The molecule has 0 fully saturated rings. The van der Waals surface area contributed by atoms with E-state index in [0.29, 0.717) is 22.5 Å². The average molecular weight is 599 g/mol. The second kappa shape index (κ2) is 11.9. The molecule has 0 atom stereocenters. The monoisotopic (exact) mass is 598 g/mol. The molecular weight excluding hydrogens is 572 g/mol. The van der Waals surface area contributed by atoms with Crippen molar-refractivity contribution >= 4 is 33.1 Å². The van der Waals surface area contributed by atoms with E-state index in [1.54, 1.807) is 6.07 Å². The van der Waals surface area contributed by atoms with Crippen LogP contribution in [0.5, 0.6) is 5.75 Å². The van der Waals surface area contributed by atoms with Gasteiger partial charge in [-0.25, -0.2) is 4.68 Å². The van der Waals surface area contributed by atoms with E-state index in [4.69, 9.17) is 14.4 Å². The van der Waals surface area contributed by atoms with Crippen molar-refractivity contribution in [3.05, 3.63) is 115 Å². The van der Waals surface area contributed by atoms with Gasteiger partial charge in [0.15, 0.2) is 16.5 Å². The summed E-state index contributed by atoms with van der Waals surface area (Å²) in [4.78, 5) is 13.1. The number of carbonyl (C=O) groups is 1. The third kappa shape index (κ3) is 5.58. The zero-order valence-electron chi connectivity index (χ0n) is 23.7. The molecule has 0 radical (unpaired) electrons.